The van der Waals surface area contributed by atoms with Crippen LogP contribution in [-0.2, 0) is 0 Å². The molecule has 1 unspecified atom stereocenters. The van der Waals surface area contributed by atoms with Gasteiger partial charge in [0.15, 0.2) is 0 Å². The van der Waals surface area contributed by atoms with Crippen molar-refractivity contribution in [2.45, 2.75) is 12.8 Å². The average molecular weight is 398 g/mol. The van der Waals surface area contributed by atoms with Gasteiger partial charge in [0, 0.05) is 31.0 Å². The molecule has 3 rings (SSSR count). The Balaban J connectivity index is 0.00000169. The molecule has 2 aromatic rings. The summed E-state index contributed by atoms with van der Waals surface area (Å²) < 4.78 is 5.80. The van der Waals surface area contributed by atoms with Crippen molar-refractivity contribution in [3.05, 3.63) is 54.4 Å². The fourth-order valence-electron chi connectivity index (χ4n) is 3.12. The van der Waals surface area contributed by atoms with Crippen LogP contribution < -0.4 is 10.1 Å². The molecule has 1 aliphatic heterocycles. The highest BCUT2D eigenvalue weighted by molar-refractivity contribution is 5.94. The maximum Gasteiger partial charge on any atom is 0.253 e. The fraction of sp³-hybridized carbons (Fsp3) is 0.368. The second kappa shape index (κ2) is 11.0. The number of halogens is 2. The molecule has 0 bridgehead atoms. The molecule has 0 radical (unpaired) electrons. The summed E-state index contributed by atoms with van der Waals surface area (Å²) in [5.74, 6) is 1.98. The molecule has 1 N–H and O–H groups in total. The van der Waals surface area contributed by atoms with Gasteiger partial charge in [0.2, 0.25) is 0 Å². The Bertz CT molecular complexity index is 683. The largest absolute Gasteiger partial charge is 0.457 e. The molecule has 1 amide bonds. The van der Waals surface area contributed by atoms with Gasteiger partial charge in [-0.15, -0.1) is 24.8 Å². The molecule has 1 aromatic heterocycles. The van der Waals surface area contributed by atoms with Crippen LogP contribution in [0.5, 0.6) is 11.5 Å². The molecule has 26 heavy (non-hydrogen) atoms. The summed E-state index contributed by atoms with van der Waals surface area (Å²) in [7, 11) is 1.96. The zero-order valence-corrected chi connectivity index (χ0v) is 16.4. The van der Waals surface area contributed by atoms with E-state index >= 15 is 0 Å². The van der Waals surface area contributed by atoms with Crippen LogP contribution in [0.1, 0.15) is 23.2 Å². The van der Waals surface area contributed by atoms with Crippen LogP contribution in [0, 0.1) is 5.92 Å². The molecular formula is C19H25Cl2N3O2. The molecule has 1 aromatic carbocycles. The van der Waals surface area contributed by atoms with Crippen LogP contribution in [0.2, 0.25) is 0 Å². The molecule has 1 aliphatic rings. The molecule has 2 heterocycles. The number of pyridine rings is 1. The second-order valence-corrected chi connectivity index (χ2v) is 6.13. The Morgan fingerprint density at radius 2 is 2.00 bits per heavy atom. The van der Waals surface area contributed by atoms with Gasteiger partial charge in [-0.25, -0.2) is 0 Å². The first-order valence-electron chi connectivity index (χ1n) is 8.38. The molecule has 5 nitrogen and oxygen atoms in total. The van der Waals surface area contributed by atoms with Crippen molar-refractivity contribution in [1.29, 1.82) is 0 Å². The van der Waals surface area contributed by atoms with Crippen molar-refractivity contribution in [1.82, 2.24) is 15.2 Å². The number of carbonyl (C=O) groups is 1. The number of benzene rings is 1. The van der Waals surface area contributed by atoms with Crippen LogP contribution in [0.3, 0.4) is 0 Å². The van der Waals surface area contributed by atoms with Crippen molar-refractivity contribution in [2.24, 2.45) is 5.92 Å². The van der Waals surface area contributed by atoms with Gasteiger partial charge in [0.25, 0.3) is 5.91 Å². The summed E-state index contributed by atoms with van der Waals surface area (Å²) >= 11 is 0. The van der Waals surface area contributed by atoms with E-state index in [-0.39, 0.29) is 30.7 Å². The lowest BCUT2D eigenvalue weighted by Crippen LogP contribution is -2.42. The molecule has 1 saturated heterocycles. The van der Waals surface area contributed by atoms with E-state index < -0.39 is 0 Å². The van der Waals surface area contributed by atoms with Crippen molar-refractivity contribution in [2.75, 3.05) is 26.7 Å². The zero-order chi connectivity index (χ0) is 16.8. The number of hydrogen-bond donors (Lipinski definition) is 1. The van der Waals surface area contributed by atoms with Gasteiger partial charge in [0.05, 0.1) is 0 Å². The summed E-state index contributed by atoms with van der Waals surface area (Å²) in [6, 6.07) is 11.0. The lowest BCUT2D eigenvalue weighted by Gasteiger charge is -2.32. The Morgan fingerprint density at radius 3 is 2.73 bits per heavy atom. The van der Waals surface area contributed by atoms with E-state index in [2.05, 4.69) is 10.3 Å². The van der Waals surface area contributed by atoms with E-state index in [0.29, 0.717) is 23.0 Å². The Morgan fingerprint density at radius 1 is 1.23 bits per heavy atom. The third-order valence-corrected chi connectivity index (χ3v) is 4.27. The van der Waals surface area contributed by atoms with Gasteiger partial charge in [-0.2, -0.15) is 0 Å². The van der Waals surface area contributed by atoms with Gasteiger partial charge in [-0.05, 0) is 62.7 Å². The maximum absolute atomic E-state index is 12.8. The lowest BCUT2D eigenvalue weighted by molar-refractivity contribution is 0.0674. The summed E-state index contributed by atoms with van der Waals surface area (Å²) in [6.07, 6.45) is 5.60. The summed E-state index contributed by atoms with van der Waals surface area (Å²) in [4.78, 5) is 18.7. The number of nitrogens with zero attached hydrogens (tertiary/aromatic N) is 2. The monoisotopic (exact) mass is 397 g/mol. The number of amides is 1. The van der Waals surface area contributed by atoms with Gasteiger partial charge in [-0.3, -0.25) is 9.78 Å². The number of rotatable bonds is 5. The van der Waals surface area contributed by atoms with E-state index in [1.807, 2.05) is 36.2 Å². The quantitative estimate of drug-likeness (QED) is 0.833. The Labute approximate surface area is 167 Å². The van der Waals surface area contributed by atoms with Gasteiger partial charge in [-0.1, -0.05) is 6.07 Å². The molecular weight excluding hydrogens is 373 g/mol. The second-order valence-electron chi connectivity index (χ2n) is 6.13. The Kier molecular flexibility index (Phi) is 9.41. The number of likely N-dealkylation sites (tertiary alicyclic amines) is 1. The fourth-order valence-corrected chi connectivity index (χ4v) is 3.12. The van der Waals surface area contributed by atoms with E-state index in [1.165, 1.54) is 6.42 Å². The normalized spacial score (nSPS) is 16.2. The number of hydrogen-bond acceptors (Lipinski definition) is 4. The van der Waals surface area contributed by atoms with Gasteiger partial charge < -0.3 is 15.0 Å². The van der Waals surface area contributed by atoms with Crippen molar-refractivity contribution in [3.8, 4) is 11.5 Å². The summed E-state index contributed by atoms with van der Waals surface area (Å²) in [6.45, 7) is 2.60. The predicted octanol–water partition coefficient (Wildman–Crippen LogP) is 3.79. The van der Waals surface area contributed by atoms with Gasteiger partial charge in [0.1, 0.15) is 11.5 Å². The topological polar surface area (TPSA) is 54.5 Å². The number of nitrogens with one attached hydrogen (secondary N) is 1. The first-order chi connectivity index (χ1) is 11.8. The minimum atomic E-state index is 0. The van der Waals surface area contributed by atoms with E-state index in [4.69, 9.17) is 4.74 Å². The van der Waals surface area contributed by atoms with Crippen LogP contribution in [-0.4, -0.2) is 42.5 Å². The van der Waals surface area contributed by atoms with Crippen LogP contribution >= 0.6 is 24.8 Å². The SMILES string of the molecule is CNCC1CCCN(C(=O)c2cccc(Oc3ccncc3)c2)C1.Cl.Cl. The summed E-state index contributed by atoms with van der Waals surface area (Å²) in [5, 5.41) is 3.21. The number of aromatic nitrogens is 1. The van der Waals surface area contributed by atoms with Crippen LogP contribution in [0.15, 0.2) is 48.8 Å². The van der Waals surface area contributed by atoms with Crippen LogP contribution in [0.25, 0.3) is 0 Å². The van der Waals surface area contributed by atoms with Crippen molar-refractivity contribution < 1.29 is 9.53 Å². The highest BCUT2D eigenvalue weighted by Gasteiger charge is 2.24. The predicted molar refractivity (Wildman–Crippen MR) is 108 cm³/mol. The van der Waals surface area contributed by atoms with Crippen molar-refractivity contribution >= 4 is 30.7 Å². The van der Waals surface area contributed by atoms with E-state index in [0.717, 1.165) is 26.1 Å². The maximum atomic E-state index is 12.8. The van der Waals surface area contributed by atoms with E-state index in [1.54, 1.807) is 24.5 Å². The smallest absolute Gasteiger partial charge is 0.253 e. The van der Waals surface area contributed by atoms with Crippen LogP contribution in [0.4, 0.5) is 0 Å². The first kappa shape index (κ1) is 22.2. The standard InChI is InChI=1S/C19H23N3O2.2ClH/c1-20-13-15-4-3-11-22(14-15)19(23)16-5-2-6-18(12-16)24-17-7-9-21-10-8-17;;/h2,5-10,12,15,20H,3-4,11,13-14H2,1H3;2*1H. The van der Waals surface area contributed by atoms with E-state index in [9.17, 15) is 4.79 Å². The molecule has 7 heteroatoms. The molecule has 0 aliphatic carbocycles. The lowest BCUT2D eigenvalue weighted by atomic mass is 9.97. The minimum Gasteiger partial charge on any atom is -0.457 e. The molecule has 1 atom stereocenters. The van der Waals surface area contributed by atoms with Gasteiger partial charge >= 0.3 is 0 Å². The third-order valence-electron chi connectivity index (χ3n) is 4.27. The molecule has 0 spiro atoms. The average Bonchev–Trinajstić information content (AvgIpc) is 2.63. The number of ether oxygens (including phenoxy) is 1. The molecule has 0 saturated carbocycles. The van der Waals surface area contributed by atoms with Crippen molar-refractivity contribution in [3.63, 3.8) is 0 Å². The zero-order valence-electron chi connectivity index (χ0n) is 14.8. The number of carbonyl (C=O) groups excluding carboxylic acids is 1. The highest BCUT2D eigenvalue weighted by Crippen LogP contribution is 2.23. The minimum absolute atomic E-state index is 0. The number of piperidine rings is 1. The Hall–Kier alpha value is -1.82. The highest BCUT2D eigenvalue weighted by atomic mass is 35.5. The molecule has 142 valence electrons. The third kappa shape index (κ3) is 5.87. The first-order valence-corrected chi connectivity index (χ1v) is 8.38. The molecule has 1 fully saturated rings. The summed E-state index contributed by atoms with van der Waals surface area (Å²) in [5.41, 5.74) is 0.673.